The molecule has 0 atom stereocenters. The summed E-state index contributed by atoms with van der Waals surface area (Å²) in [4.78, 5) is 14.3. The van der Waals surface area contributed by atoms with Crippen molar-refractivity contribution in [2.75, 3.05) is 39.1 Å². The molecular formula is C18H29ClN2O3. The third-order valence-electron chi connectivity index (χ3n) is 4.30. The molecule has 1 aliphatic heterocycles. The number of aryl methyl sites for hydroxylation is 1. The van der Waals surface area contributed by atoms with Gasteiger partial charge in [0.25, 0.3) is 0 Å². The zero-order valence-electron chi connectivity index (χ0n) is 14.4. The van der Waals surface area contributed by atoms with Crippen LogP contribution in [0, 0.1) is 0 Å². The molecule has 136 valence electrons. The number of para-hydroxylation sites is 1. The number of ether oxygens (including phenoxy) is 2. The number of benzene rings is 1. The van der Waals surface area contributed by atoms with Crippen molar-refractivity contribution in [3.63, 3.8) is 0 Å². The second kappa shape index (κ2) is 11.3. The Labute approximate surface area is 150 Å². The number of piperidine rings is 1. The van der Waals surface area contributed by atoms with E-state index in [1.165, 1.54) is 0 Å². The van der Waals surface area contributed by atoms with Crippen molar-refractivity contribution in [3.05, 3.63) is 29.8 Å². The number of nitrogens with two attached hydrogens (primary N) is 1. The number of hydrogen-bond acceptors (Lipinski definition) is 4. The number of rotatable bonds is 8. The van der Waals surface area contributed by atoms with Gasteiger partial charge in [-0.2, -0.15) is 0 Å². The number of amides is 1. The van der Waals surface area contributed by atoms with Gasteiger partial charge in [-0.3, -0.25) is 4.79 Å². The van der Waals surface area contributed by atoms with Crippen LogP contribution in [0.15, 0.2) is 24.3 Å². The largest absolute Gasteiger partial charge is 0.399 e. The van der Waals surface area contributed by atoms with E-state index < -0.39 is 0 Å². The molecule has 2 N–H and O–H groups in total. The fourth-order valence-electron chi connectivity index (χ4n) is 2.89. The summed E-state index contributed by atoms with van der Waals surface area (Å²) in [6.07, 6.45) is 4.28. The Morgan fingerprint density at radius 2 is 1.96 bits per heavy atom. The molecule has 0 bridgehead atoms. The average Bonchev–Trinajstić information content (AvgIpc) is 2.58. The highest BCUT2D eigenvalue weighted by Gasteiger charge is 2.22. The quantitative estimate of drug-likeness (QED) is 0.574. The summed E-state index contributed by atoms with van der Waals surface area (Å²) in [5, 5.41) is 0. The highest BCUT2D eigenvalue weighted by Crippen LogP contribution is 2.17. The van der Waals surface area contributed by atoms with E-state index in [4.69, 9.17) is 15.2 Å². The number of likely N-dealkylation sites (tertiary alicyclic amines) is 1. The average molecular weight is 357 g/mol. The maximum atomic E-state index is 12.3. The van der Waals surface area contributed by atoms with Gasteiger partial charge in [0.15, 0.2) is 0 Å². The summed E-state index contributed by atoms with van der Waals surface area (Å²) in [7, 11) is 1.70. The van der Waals surface area contributed by atoms with E-state index in [2.05, 4.69) is 0 Å². The second-order valence-electron chi connectivity index (χ2n) is 6.00. The number of carbonyl (C=O) groups is 1. The van der Waals surface area contributed by atoms with E-state index in [1.807, 2.05) is 29.2 Å². The first kappa shape index (κ1) is 20.7. The lowest BCUT2D eigenvalue weighted by molar-refractivity contribution is -0.133. The SMILES string of the molecule is COCCCOC1CCN(C(=O)CCc2ccccc2N)CC1.Cl. The van der Waals surface area contributed by atoms with Crippen molar-refractivity contribution >= 4 is 24.0 Å². The molecule has 0 unspecified atom stereocenters. The molecule has 1 saturated heterocycles. The van der Waals surface area contributed by atoms with Gasteiger partial charge in [-0.25, -0.2) is 0 Å². The lowest BCUT2D eigenvalue weighted by atomic mass is 10.0. The molecule has 0 aromatic heterocycles. The summed E-state index contributed by atoms with van der Waals surface area (Å²) in [6, 6.07) is 7.75. The van der Waals surface area contributed by atoms with Crippen LogP contribution in [-0.4, -0.2) is 50.3 Å². The van der Waals surface area contributed by atoms with Gasteiger partial charge in [-0.1, -0.05) is 18.2 Å². The molecule has 1 amide bonds. The van der Waals surface area contributed by atoms with Crippen LogP contribution in [0.5, 0.6) is 0 Å². The van der Waals surface area contributed by atoms with Gasteiger partial charge >= 0.3 is 0 Å². The molecule has 24 heavy (non-hydrogen) atoms. The molecule has 0 spiro atoms. The van der Waals surface area contributed by atoms with Crippen LogP contribution in [0.2, 0.25) is 0 Å². The Morgan fingerprint density at radius 3 is 2.62 bits per heavy atom. The summed E-state index contributed by atoms with van der Waals surface area (Å²) in [5.74, 6) is 0.214. The minimum Gasteiger partial charge on any atom is -0.399 e. The number of methoxy groups -OCH3 is 1. The van der Waals surface area contributed by atoms with E-state index in [-0.39, 0.29) is 24.4 Å². The molecule has 1 heterocycles. The van der Waals surface area contributed by atoms with Crippen molar-refractivity contribution in [1.82, 2.24) is 4.90 Å². The van der Waals surface area contributed by atoms with Gasteiger partial charge in [0.1, 0.15) is 0 Å². The first-order valence-electron chi connectivity index (χ1n) is 8.42. The summed E-state index contributed by atoms with van der Waals surface area (Å²) < 4.78 is 10.8. The molecule has 0 aliphatic carbocycles. The summed E-state index contributed by atoms with van der Waals surface area (Å²) in [6.45, 7) is 3.05. The molecule has 1 aromatic carbocycles. The number of anilines is 1. The third-order valence-corrected chi connectivity index (χ3v) is 4.30. The molecule has 6 heteroatoms. The Balaban J connectivity index is 0.00000288. The first-order chi connectivity index (χ1) is 11.2. The van der Waals surface area contributed by atoms with E-state index in [0.29, 0.717) is 12.8 Å². The van der Waals surface area contributed by atoms with Crippen LogP contribution in [-0.2, 0) is 20.7 Å². The lowest BCUT2D eigenvalue weighted by Gasteiger charge is -2.32. The van der Waals surface area contributed by atoms with Crippen LogP contribution >= 0.6 is 12.4 Å². The van der Waals surface area contributed by atoms with Gasteiger partial charge in [-0.05, 0) is 37.3 Å². The molecule has 0 saturated carbocycles. The highest BCUT2D eigenvalue weighted by atomic mass is 35.5. The van der Waals surface area contributed by atoms with Crippen LogP contribution in [0.25, 0.3) is 0 Å². The number of halogens is 1. The smallest absolute Gasteiger partial charge is 0.222 e. The third kappa shape index (κ3) is 6.67. The van der Waals surface area contributed by atoms with E-state index >= 15 is 0 Å². The van der Waals surface area contributed by atoms with Crippen molar-refractivity contribution < 1.29 is 14.3 Å². The van der Waals surface area contributed by atoms with Crippen LogP contribution < -0.4 is 5.73 Å². The van der Waals surface area contributed by atoms with Crippen molar-refractivity contribution in [1.29, 1.82) is 0 Å². The standard InChI is InChI=1S/C18H28N2O3.ClH/c1-22-13-4-14-23-16-9-11-20(12-10-16)18(21)8-7-15-5-2-3-6-17(15)19;/h2-3,5-6,16H,4,7-14,19H2,1H3;1H. The topological polar surface area (TPSA) is 64.8 Å². The van der Waals surface area contributed by atoms with Gasteiger partial charge in [0.2, 0.25) is 5.91 Å². The Morgan fingerprint density at radius 1 is 1.25 bits per heavy atom. The molecular weight excluding hydrogens is 328 g/mol. The number of carbonyl (C=O) groups excluding carboxylic acids is 1. The van der Waals surface area contributed by atoms with Crippen molar-refractivity contribution in [2.45, 2.75) is 38.2 Å². The molecule has 1 fully saturated rings. The molecule has 2 rings (SSSR count). The summed E-state index contributed by atoms with van der Waals surface area (Å²) in [5.41, 5.74) is 7.74. The molecule has 0 radical (unpaired) electrons. The lowest BCUT2D eigenvalue weighted by Crippen LogP contribution is -2.41. The highest BCUT2D eigenvalue weighted by molar-refractivity contribution is 5.85. The minimum absolute atomic E-state index is 0. The fourth-order valence-corrected chi connectivity index (χ4v) is 2.89. The number of hydrogen-bond donors (Lipinski definition) is 1. The maximum absolute atomic E-state index is 12.3. The monoisotopic (exact) mass is 356 g/mol. The molecule has 1 aromatic rings. The second-order valence-corrected chi connectivity index (χ2v) is 6.00. The fraction of sp³-hybridized carbons (Fsp3) is 0.611. The van der Waals surface area contributed by atoms with E-state index in [0.717, 1.165) is 56.8 Å². The normalized spacial score (nSPS) is 15.1. The zero-order valence-corrected chi connectivity index (χ0v) is 15.2. The molecule has 1 aliphatic rings. The van der Waals surface area contributed by atoms with E-state index in [1.54, 1.807) is 7.11 Å². The van der Waals surface area contributed by atoms with Crippen molar-refractivity contribution in [3.8, 4) is 0 Å². The zero-order chi connectivity index (χ0) is 16.5. The Hall–Kier alpha value is -1.30. The Kier molecular flexibility index (Phi) is 9.76. The number of nitrogen functional groups attached to an aromatic ring is 1. The van der Waals surface area contributed by atoms with Crippen LogP contribution in [0.1, 0.15) is 31.2 Å². The summed E-state index contributed by atoms with van der Waals surface area (Å²) >= 11 is 0. The minimum atomic E-state index is 0. The van der Waals surface area contributed by atoms with Crippen LogP contribution in [0.4, 0.5) is 5.69 Å². The predicted octanol–water partition coefficient (Wildman–Crippen LogP) is 2.67. The van der Waals surface area contributed by atoms with Crippen molar-refractivity contribution in [2.24, 2.45) is 0 Å². The van der Waals surface area contributed by atoms with Gasteiger partial charge in [0.05, 0.1) is 6.10 Å². The Bertz CT molecular complexity index is 491. The van der Waals surface area contributed by atoms with Gasteiger partial charge in [0, 0.05) is 45.5 Å². The maximum Gasteiger partial charge on any atom is 0.222 e. The van der Waals surface area contributed by atoms with E-state index in [9.17, 15) is 4.79 Å². The number of nitrogens with zero attached hydrogens (tertiary/aromatic N) is 1. The first-order valence-corrected chi connectivity index (χ1v) is 8.42. The van der Waals surface area contributed by atoms with Gasteiger partial charge < -0.3 is 20.1 Å². The molecule has 5 nitrogen and oxygen atoms in total. The van der Waals surface area contributed by atoms with Crippen LogP contribution in [0.3, 0.4) is 0 Å². The van der Waals surface area contributed by atoms with Gasteiger partial charge in [-0.15, -0.1) is 12.4 Å². The predicted molar refractivity (Wildman–Crippen MR) is 98.5 cm³/mol.